The van der Waals surface area contributed by atoms with Gasteiger partial charge in [0.15, 0.2) is 0 Å². The fourth-order valence-corrected chi connectivity index (χ4v) is 9.36. The van der Waals surface area contributed by atoms with E-state index in [0.717, 1.165) is 32.9 Å². The molecule has 0 saturated carbocycles. The number of halogens is 2. The summed E-state index contributed by atoms with van der Waals surface area (Å²) in [5.41, 5.74) is 4.16. The molecule has 2 unspecified atom stereocenters. The van der Waals surface area contributed by atoms with Gasteiger partial charge in [-0.2, -0.15) is 0 Å². The van der Waals surface area contributed by atoms with Crippen molar-refractivity contribution in [1.29, 1.82) is 0 Å². The summed E-state index contributed by atoms with van der Waals surface area (Å²) in [7, 11) is 0. The molecule has 4 aromatic rings. The minimum atomic E-state index is -1.44. The molecule has 0 aliphatic heterocycles. The second kappa shape index (κ2) is 21.9. The van der Waals surface area contributed by atoms with E-state index in [0.29, 0.717) is 22.3 Å². The highest BCUT2D eigenvalue weighted by Crippen LogP contribution is 2.54. The third-order valence-corrected chi connectivity index (χ3v) is 12.9. The molecule has 0 amide bonds. The van der Waals surface area contributed by atoms with Crippen LogP contribution in [0, 0.1) is 0 Å². The summed E-state index contributed by atoms with van der Waals surface area (Å²) in [6.45, 7) is 4.56. The lowest BCUT2D eigenvalue weighted by molar-refractivity contribution is 0.0746. The van der Waals surface area contributed by atoms with Gasteiger partial charge in [0.05, 0.1) is 0 Å². The zero-order valence-electron chi connectivity index (χ0n) is 33.3. The Bertz CT molecular complexity index is 1570. The molecule has 2 nitrogen and oxygen atoms in total. The third-order valence-electron chi connectivity index (χ3n) is 11.9. The molecule has 4 aromatic carbocycles. The molecule has 54 heavy (non-hydrogen) atoms. The summed E-state index contributed by atoms with van der Waals surface area (Å²) in [6, 6.07) is 29.0. The number of benzene rings is 4. The van der Waals surface area contributed by atoms with Crippen molar-refractivity contribution in [3.05, 3.63) is 138 Å². The van der Waals surface area contributed by atoms with Crippen molar-refractivity contribution in [2.45, 2.75) is 166 Å². The molecule has 2 atom stereocenters. The maximum absolute atomic E-state index is 13.0. The highest BCUT2D eigenvalue weighted by molar-refractivity contribution is 9.10. The molecule has 5 rings (SSSR count). The van der Waals surface area contributed by atoms with Crippen molar-refractivity contribution in [2.24, 2.45) is 0 Å². The van der Waals surface area contributed by atoms with E-state index in [-0.39, 0.29) is 0 Å². The Balaban J connectivity index is 1.28. The zero-order valence-corrected chi connectivity index (χ0v) is 36.5. The summed E-state index contributed by atoms with van der Waals surface area (Å²) >= 11 is 7.40. The van der Waals surface area contributed by atoms with E-state index in [4.69, 9.17) is 0 Å². The first-order valence-corrected chi connectivity index (χ1v) is 23.2. The van der Waals surface area contributed by atoms with Crippen LogP contribution in [0.25, 0.3) is 0 Å². The van der Waals surface area contributed by atoms with Crippen LogP contribution in [0.2, 0.25) is 0 Å². The third kappa shape index (κ3) is 11.0. The Kier molecular flexibility index (Phi) is 17.4. The second-order valence-corrected chi connectivity index (χ2v) is 17.9. The van der Waals surface area contributed by atoms with Crippen LogP contribution >= 0.6 is 31.9 Å². The fourth-order valence-electron chi connectivity index (χ4n) is 8.63. The van der Waals surface area contributed by atoms with Gasteiger partial charge >= 0.3 is 0 Å². The van der Waals surface area contributed by atoms with Crippen molar-refractivity contribution in [1.82, 2.24) is 0 Å². The number of rotatable bonds is 24. The van der Waals surface area contributed by atoms with Crippen LogP contribution in [-0.2, 0) is 24.0 Å². The van der Waals surface area contributed by atoms with Crippen molar-refractivity contribution in [2.75, 3.05) is 0 Å². The average molecular weight is 859 g/mol. The molecule has 292 valence electrons. The summed E-state index contributed by atoms with van der Waals surface area (Å²) < 4.78 is 1.74. The molecule has 0 aromatic heterocycles. The molecule has 4 heteroatoms. The molecular formula is C50H66Br2O2. The van der Waals surface area contributed by atoms with Gasteiger partial charge in [-0.15, -0.1) is 0 Å². The quantitative estimate of drug-likeness (QED) is 0.0689. The van der Waals surface area contributed by atoms with E-state index in [1.807, 2.05) is 36.4 Å². The van der Waals surface area contributed by atoms with Crippen LogP contribution in [0.1, 0.15) is 187 Å². The highest BCUT2D eigenvalue weighted by atomic mass is 79.9. The lowest BCUT2D eigenvalue weighted by atomic mass is 9.63. The van der Waals surface area contributed by atoms with Gasteiger partial charge in [-0.05, 0) is 83.3 Å². The normalized spacial score (nSPS) is 17.7. The molecule has 0 spiro atoms. The molecule has 1 aliphatic rings. The fraction of sp³-hybridized carbons (Fsp3) is 0.520. The summed E-state index contributed by atoms with van der Waals surface area (Å²) in [5.74, 6) is 0. The molecule has 0 bridgehead atoms. The minimum absolute atomic E-state index is 0.700. The van der Waals surface area contributed by atoms with Crippen molar-refractivity contribution in [3.63, 3.8) is 0 Å². The SMILES string of the molecule is CCCCCCCCCCCCc1ccc(C2(O)c3ccc(Br)cc3C(O)(c3ccc(CCCCCCCCCCCC)cc3)c3ccc(Br)cc32)cc1. The van der Waals surface area contributed by atoms with Gasteiger partial charge in [-0.3, -0.25) is 0 Å². The van der Waals surface area contributed by atoms with Gasteiger partial charge < -0.3 is 10.2 Å². The molecular weight excluding hydrogens is 792 g/mol. The van der Waals surface area contributed by atoms with Crippen LogP contribution in [-0.4, -0.2) is 10.2 Å². The molecule has 2 N–H and O–H groups in total. The first-order chi connectivity index (χ1) is 26.3. The van der Waals surface area contributed by atoms with Crippen molar-refractivity contribution < 1.29 is 10.2 Å². The standard InChI is InChI=1S/C50H66Br2O2/c1-3-5-7-9-11-13-15-17-19-21-23-39-25-29-41(30-26-39)49(53)45-35-33-44(52)38-48(45)50(54,46-36-34-43(51)37-47(46)49)42-31-27-40(28-32-42)24-22-20-18-16-14-12-10-8-6-4-2/h25-38,53-54H,3-24H2,1-2H3. The Morgan fingerprint density at radius 3 is 0.981 bits per heavy atom. The first-order valence-electron chi connectivity index (χ1n) is 21.6. The summed E-state index contributed by atoms with van der Waals surface area (Å²) in [5, 5.41) is 26.0. The monoisotopic (exact) mass is 856 g/mol. The summed E-state index contributed by atoms with van der Waals surface area (Å²) in [6.07, 6.45) is 28.8. The van der Waals surface area contributed by atoms with Crippen LogP contribution in [0.15, 0.2) is 93.9 Å². The molecule has 0 radical (unpaired) electrons. The van der Waals surface area contributed by atoms with Gasteiger partial charge in [-0.1, -0.05) is 222 Å². The van der Waals surface area contributed by atoms with E-state index in [9.17, 15) is 10.2 Å². The Hall–Kier alpha value is -2.24. The largest absolute Gasteiger partial charge is 0.376 e. The van der Waals surface area contributed by atoms with Gasteiger partial charge in [0, 0.05) is 20.1 Å². The lowest BCUT2D eigenvalue weighted by Gasteiger charge is -2.45. The van der Waals surface area contributed by atoms with Crippen LogP contribution < -0.4 is 0 Å². The van der Waals surface area contributed by atoms with Gasteiger partial charge in [0.1, 0.15) is 11.2 Å². The van der Waals surface area contributed by atoms with Crippen LogP contribution in [0.5, 0.6) is 0 Å². The topological polar surface area (TPSA) is 40.5 Å². The number of aliphatic hydroxyl groups is 2. The average Bonchev–Trinajstić information content (AvgIpc) is 3.18. The summed E-state index contributed by atoms with van der Waals surface area (Å²) in [4.78, 5) is 0. The Morgan fingerprint density at radius 1 is 0.370 bits per heavy atom. The molecule has 0 heterocycles. The maximum Gasteiger partial charge on any atom is 0.141 e. The van der Waals surface area contributed by atoms with Crippen molar-refractivity contribution >= 4 is 31.9 Å². The zero-order chi connectivity index (χ0) is 38.2. The predicted molar refractivity (Wildman–Crippen MR) is 236 cm³/mol. The van der Waals surface area contributed by atoms with Crippen molar-refractivity contribution in [3.8, 4) is 0 Å². The van der Waals surface area contributed by atoms with Crippen LogP contribution in [0.3, 0.4) is 0 Å². The van der Waals surface area contributed by atoms with E-state index < -0.39 is 11.2 Å². The molecule has 0 saturated heterocycles. The maximum atomic E-state index is 13.0. The predicted octanol–water partition coefficient (Wildman–Crippen LogP) is 15.0. The molecule has 1 aliphatic carbocycles. The molecule has 0 fully saturated rings. The number of hydrogen-bond acceptors (Lipinski definition) is 2. The van der Waals surface area contributed by atoms with Crippen LogP contribution in [0.4, 0.5) is 0 Å². The van der Waals surface area contributed by atoms with E-state index in [2.05, 4.69) is 94.2 Å². The Morgan fingerprint density at radius 2 is 0.667 bits per heavy atom. The number of aryl methyl sites for hydroxylation is 2. The number of hydrogen-bond donors (Lipinski definition) is 2. The van der Waals surface area contributed by atoms with E-state index in [1.54, 1.807) is 0 Å². The smallest absolute Gasteiger partial charge is 0.141 e. The van der Waals surface area contributed by atoms with Gasteiger partial charge in [0.2, 0.25) is 0 Å². The minimum Gasteiger partial charge on any atom is -0.376 e. The lowest BCUT2D eigenvalue weighted by Crippen LogP contribution is -2.44. The number of unbranched alkanes of at least 4 members (excludes halogenated alkanes) is 18. The second-order valence-electron chi connectivity index (χ2n) is 16.1. The highest BCUT2D eigenvalue weighted by Gasteiger charge is 2.51. The number of fused-ring (bicyclic) bond motifs is 2. The van der Waals surface area contributed by atoms with E-state index in [1.165, 1.54) is 140 Å². The van der Waals surface area contributed by atoms with Gasteiger partial charge in [-0.25, -0.2) is 0 Å². The van der Waals surface area contributed by atoms with Gasteiger partial charge in [0.25, 0.3) is 0 Å². The first kappa shape index (κ1) is 42.9. The van der Waals surface area contributed by atoms with E-state index >= 15 is 0 Å². The Labute approximate surface area is 344 Å².